The van der Waals surface area contributed by atoms with E-state index >= 15 is 0 Å². The SMILES string of the molecule is Bc1cnc(N)cc1C(F)F. The maximum atomic E-state index is 12.1. The van der Waals surface area contributed by atoms with Crippen molar-refractivity contribution in [3.63, 3.8) is 0 Å². The number of alkyl halides is 2. The molecule has 11 heavy (non-hydrogen) atoms. The summed E-state index contributed by atoms with van der Waals surface area (Å²) in [4.78, 5) is 3.67. The summed E-state index contributed by atoms with van der Waals surface area (Å²) in [6.07, 6.45) is -1.13. The number of rotatable bonds is 1. The molecule has 0 saturated heterocycles. The van der Waals surface area contributed by atoms with Gasteiger partial charge in [0.15, 0.2) is 0 Å². The molecule has 0 saturated carbocycles. The molecule has 5 heteroatoms. The van der Waals surface area contributed by atoms with Crippen LogP contribution in [-0.2, 0) is 0 Å². The number of aromatic nitrogens is 1. The summed E-state index contributed by atoms with van der Waals surface area (Å²) in [7, 11) is 1.58. The van der Waals surface area contributed by atoms with Gasteiger partial charge < -0.3 is 5.73 Å². The third-order valence-corrected chi connectivity index (χ3v) is 1.40. The first kappa shape index (κ1) is 7.98. The Morgan fingerprint density at radius 1 is 1.55 bits per heavy atom. The van der Waals surface area contributed by atoms with Gasteiger partial charge in [-0.3, -0.25) is 0 Å². The Balaban J connectivity index is 3.13. The van der Waals surface area contributed by atoms with E-state index in [1.54, 1.807) is 7.85 Å². The summed E-state index contributed by atoms with van der Waals surface area (Å²) in [5.74, 6) is 0.130. The number of nitrogens with zero attached hydrogens (tertiary/aromatic N) is 1. The fourth-order valence-corrected chi connectivity index (χ4v) is 0.791. The number of hydrogen-bond donors (Lipinski definition) is 1. The van der Waals surface area contributed by atoms with Crippen LogP contribution in [0, 0.1) is 0 Å². The van der Waals surface area contributed by atoms with Gasteiger partial charge in [0.2, 0.25) is 0 Å². The second-order valence-corrected chi connectivity index (χ2v) is 2.27. The van der Waals surface area contributed by atoms with E-state index in [-0.39, 0.29) is 11.4 Å². The highest BCUT2D eigenvalue weighted by Gasteiger charge is 2.09. The lowest BCUT2D eigenvalue weighted by Gasteiger charge is -2.03. The minimum absolute atomic E-state index is 0.0440. The summed E-state index contributed by atoms with van der Waals surface area (Å²) in [6.45, 7) is 0. The number of hydrogen-bond acceptors (Lipinski definition) is 2. The second-order valence-electron chi connectivity index (χ2n) is 2.27. The van der Waals surface area contributed by atoms with E-state index in [2.05, 4.69) is 4.98 Å². The van der Waals surface area contributed by atoms with Crippen molar-refractivity contribution in [2.45, 2.75) is 6.43 Å². The molecule has 0 aliphatic carbocycles. The van der Waals surface area contributed by atoms with Gasteiger partial charge >= 0.3 is 0 Å². The molecule has 0 aliphatic rings. The summed E-state index contributed by atoms with van der Waals surface area (Å²) in [6, 6.07) is 1.19. The second kappa shape index (κ2) is 2.86. The monoisotopic (exact) mass is 156 g/mol. The summed E-state index contributed by atoms with van der Waals surface area (Å²) >= 11 is 0. The highest BCUT2D eigenvalue weighted by Crippen LogP contribution is 2.16. The third-order valence-electron chi connectivity index (χ3n) is 1.40. The first-order valence-corrected chi connectivity index (χ1v) is 3.11. The van der Waals surface area contributed by atoms with Crippen molar-refractivity contribution >= 4 is 19.1 Å². The highest BCUT2D eigenvalue weighted by atomic mass is 19.3. The summed E-state index contributed by atoms with van der Waals surface area (Å²) in [5.41, 5.74) is 5.64. The highest BCUT2D eigenvalue weighted by molar-refractivity contribution is 6.33. The van der Waals surface area contributed by atoms with Gasteiger partial charge in [0, 0.05) is 11.8 Å². The Morgan fingerprint density at radius 2 is 2.18 bits per heavy atom. The number of pyridine rings is 1. The van der Waals surface area contributed by atoms with E-state index < -0.39 is 6.43 Å². The molecule has 1 aromatic heterocycles. The topological polar surface area (TPSA) is 38.9 Å². The van der Waals surface area contributed by atoms with Crippen LogP contribution >= 0.6 is 0 Å². The van der Waals surface area contributed by atoms with Gasteiger partial charge in [-0.25, -0.2) is 13.8 Å². The largest absolute Gasteiger partial charge is 0.384 e. The van der Waals surface area contributed by atoms with Crippen LogP contribution in [0.1, 0.15) is 12.0 Å². The van der Waals surface area contributed by atoms with E-state index in [9.17, 15) is 8.78 Å². The van der Waals surface area contributed by atoms with Gasteiger partial charge in [0.1, 0.15) is 13.7 Å². The van der Waals surface area contributed by atoms with E-state index in [0.717, 1.165) is 0 Å². The van der Waals surface area contributed by atoms with Crippen molar-refractivity contribution in [3.05, 3.63) is 17.8 Å². The Labute approximate surface area is 63.8 Å². The number of halogens is 2. The Hall–Kier alpha value is -1.13. The zero-order valence-electron chi connectivity index (χ0n) is 6.01. The zero-order valence-corrected chi connectivity index (χ0v) is 6.01. The predicted molar refractivity (Wildman–Crippen MR) is 41.8 cm³/mol. The normalized spacial score (nSPS) is 10.5. The van der Waals surface area contributed by atoms with E-state index in [0.29, 0.717) is 5.46 Å². The molecule has 2 N–H and O–H groups in total. The first-order valence-electron chi connectivity index (χ1n) is 3.11. The zero-order chi connectivity index (χ0) is 8.43. The fourth-order valence-electron chi connectivity index (χ4n) is 0.791. The number of anilines is 1. The fraction of sp³-hybridized carbons (Fsp3) is 0.167. The van der Waals surface area contributed by atoms with Gasteiger partial charge in [0.05, 0.1) is 0 Å². The molecule has 58 valence electrons. The Morgan fingerprint density at radius 3 is 2.64 bits per heavy atom. The maximum absolute atomic E-state index is 12.1. The Kier molecular flexibility index (Phi) is 2.07. The van der Waals surface area contributed by atoms with Crippen molar-refractivity contribution < 1.29 is 8.78 Å². The molecule has 1 heterocycles. The lowest BCUT2D eigenvalue weighted by atomic mass is 9.93. The molecule has 0 fully saturated rings. The van der Waals surface area contributed by atoms with Crippen LogP contribution in [0.25, 0.3) is 0 Å². The molecule has 0 atom stereocenters. The van der Waals surface area contributed by atoms with E-state index in [1.807, 2.05) is 0 Å². The lowest BCUT2D eigenvalue weighted by Crippen LogP contribution is -2.12. The van der Waals surface area contributed by atoms with Crippen molar-refractivity contribution in [1.29, 1.82) is 0 Å². The van der Waals surface area contributed by atoms with Crippen LogP contribution in [0.5, 0.6) is 0 Å². The third kappa shape index (κ3) is 1.66. The van der Waals surface area contributed by atoms with Crippen LogP contribution in [0.4, 0.5) is 14.6 Å². The minimum Gasteiger partial charge on any atom is -0.384 e. The molecular weight excluding hydrogens is 149 g/mol. The summed E-state index contributed by atoms with van der Waals surface area (Å²) in [5, 5.41) is 0. The van der Waals surface area contributed by atoms with Crippen molar-refractivity contribution in [2.24, 2.45) is 0 Å². The molecule has 0 aliphatic heterocycles. The van der Waals surface area contributed by atoms with Gasteiger partial charge in [-0.1, -0.05) is 5.46 Å². The molecule has 0 bridgehead atoms. The summed E-state index contributed by atoms with van der Waals surface area (Å²) < 4.78 is 24.2. The van der Waals surface area contributed by atoms with Crippen LogP contribution in [0.2, 0.25) is 0 Å². The van der Waals surface area contributed by atoms with Gasteiger partial charge in [-0.2, -0.15) is 0 Å². The number of nitrogen functional groups attached to an aromatic ring is 1. The Bertz CT molecular complexity index is 265. The quantitative estimate of drug-likeness (QED) is 0.574. The molecule has 0 unspecified atom stereocenters. The first-order chi connectivity index (χ1) is 5.11. The molecule has 0 radical (unpaired) electrons. The van der Waals surface area contributed by atoms with Crippen molar-refractivity contribution in [2.75, 3.05) is 5.73 Å². The maximum Gasteiger partial charge on any atom is 0.263 e. The molecule has 0 spiro atoms. The average Bonchev–Trinajstić information content (AvgIpc) is 1.94. The van der Waals surface area contributed by atoms with Crippen LogP contribution in [-0.4, -0.2) is 12.8 Å². The van der Waals surface area contributed by atoms with Crippen molar-refractivity contribution in [1.82, 2.24) is 4.98 Å². The van der Waals surface area contributed by atoms with E-state index in [1.165, 1.54) is 12.3 Å². The molecule has 0 amide bonds. The molecular formula is C6H7BF2N2. The smallest absolute Gasteiger partial charge is 0.263 e. The van der Waals surface area contributed by atoms with E-state index in [4.69, 9.17) is 5.73 Å². The molecule has 2 nitrogen and oxygen atoms in total. The standard InChI is InChI=1S/C6H7BF2N2/c7-4-2-11-5(10)1-3(4)6(8)9/h1-2,6H,7H2,(H2,10,11). The van der Waals surface area contributed by atoms with Gasteiger partial charge in [-0.05, 0) is 6.07 Å². The molecule has 1 rings (SSSR count). The van der Waals surface area contributed by atoms with Gasteiger partial charge in [-0.15, -0.1) is 0 Å². The lowest BCUT2D eigenvalue weighted by molar-refractivity contribution is 0.152. The van der Waals surface area contributed by atoms with Crippen molar-refractivity contribution in [3.8, 4) is 0 Å². The predicted octanol–water partition coefficient (Wildman–Crippen LogP) is -0.140. The minimum atomic E-state index is -2.47. The van der Waals surface area contributed by atoms with Crippen LogP contribution < -0.4 is 11.2 Å². The van der Waals surface area contributed by atoms with Gasteiger partial charge in [0.25, 0.3) is 6.43 Å². The van der Waals surface area contributed by atoms with Crippen LogP contribution in [0.15, 0.2) is 12.3 Å². The molecule has 1 aromatic rings. The van der Waals surface area contributed by atoms with Crippen LogP contribution in [0.3, 0.4) is 0 Å². The molecule has 0 aromatic carbocycles. The number of nitrogens with two attached hydrogens (primary N) is 1. The average molecular weight is 156 g/mol.